The van der Waals surface area contributed by atoms with Gasteiger partial charge in [0.05, 0.1) is 0 Å². The number of ether oxygens (including phenoxy) is 1. The van der Waals surface area contributed by atoms with Gasteiger partial charge in [-0.2, -0.15) is 0 Å². The van der Waals surface area contributed by atoms with Gasteiger partial charge in [0.2, 0.25) is 0 Å². The fraction of sp³-hybridized carbons (Fsp3) is 0.723. The second-order valence-electron chi connectivity index (χ2n) is 17.4. The maximum absolute atomic E-state index is 12.7. The highest BCUT2D eigenvalue weighted by Crippen LogP contribution is 2.67. The monoisotopic (exact) mass is 671 g/mol. The molecule has 0 aliphatic heterocycles. The lowest BCUT2D eigenvalue weighted by Gasteiger charge is -2.58. The molecule has 4 rings (SSSR count). The SMILES string of the molecule is CCCCCCCCCC=CC=CC=CC=CC=CC(=O)OC1CC[C@@]2(C)C(=CCC3C2CC[C@@]2(C)C3CC[C@@H]2[C@H](C)CCCC(C)C)C1. The minimum absolute atomic E-state index is 0.0114. The Morgan fingerprint density at radius 1 is 0.796 bits per heavy atom. The molecule has 0 radical (unpaired) electrons. The van der Waals surface area contributed by atoms with Gasteiger partial charge in [-0.1, -0.05) is 166 Å². The number of fused-ring (bicyclic) bond motifs is 5. The molecule has 4 aliphatic rings. The molecule has 3 fully saturated rings. The van der Waals surface area contributed by atoms with Crippen molar-refractivity contribution in [2.45, 2.75) is 170 Å². The molecule has 0 spiro atoms. The Morgan fingerprint density at radius 2 is 1.49 bits per heavy atom. The van der Waals surface area contributed by atoms with Crippen LogP contribution in [0.2, 0.25) is 0 Å². The molecule has 274 valence electrons. The molecule has 0 heterocycles. The molecule has 0 N–H and O–H groups in total. The van der Waals surface area contributed by atoms with Gasteiger partial charge in [-0.25, -0.2) is 4.79 Å². The Labute approximate surface area is 303 Å². The van der Waals surface area contributed by atoms with E-state index in [4.69, 9.17) is 4.74 Å². The van der Waals surface area contributed by atoms with Crippen molar-refractivity contribution < 1.29 is 9.53 Å². The highest BCUT2D eigenvalue weighted by molar-refractivity contribution is 5.82. The van der Waals surface area contributed by atoms with Crippen molar-refractivity contribution >= 4 is 5.97 Å². The summed E-state index contributed by atoms with van der Waals surface area (Å²) < 4.78 is 5.99. The summed E-state index contributed by atoms with van der Waals surface area (Å²) in [6.07, 6.45) is 47.3. The van der Waals surface area contributed by atoms with Crippen molar-refractivity contribution in [3.63, 3.8) is 0 Å². The van der Waals surface area contributed by atoms with Crippen molar-refractivity contribution in [3.05, 3.63) is 72.4 Å². The van der Waals surface area contributed by atoms with Crippen LogP contribution in [-0.2, 0) is 9.53 Å². The average molecular weight is 671 g/mol. The molecule has 8 atom stereocenters. The third-order valence-electron chi connectivity index (χ3n) is 13.7. The molecule has 0 bridgehead atoms. The molecule has 0 aromatic heterocycles. The molecule has 3 saturated carbocycles. The summed E-state index contributed by atoms with van der Waals surface area (Å²) in [5.74, 6) is 4.92. The quantitative estimate of drug-likeness (QED) is 0.0449. The minimum atomic E-state index is -0.213. The van der Waals surface area contributed by atoms with E-state index in [0.717, 1.165) is 54.8 Å². The second-order valence-corrected chi connectivity index (χ2v) is 17.4. The first kappa shape index (κ1) is 39.7. The van der Waals surface area contributed by atoms with Crippen molar-refractivity contribution in [3.8, 4) is 0 Å². The summed E-state index contributed by atoms with van der Waals surface area (Å²) in [5.41, 5.74) is 2.41. The summed E-state index contributed by atoms with van der Waals surface area (Å²) in [5, 5.41) is 0. The summed E-state index contributed by atoms with van der Waals surface area (Å²) in [6, 6.07) is 0. The first-order chi connectivity index (χ1) is 23.7. The number of unbranched alkanes of at least 4 members (excludes halogenated alkanes) is 7. The smallest absolute Gasteiger partial charge is 0.331 e. The number of carbonyl (C=O) groups excluding carboxylic acids is 1. The number of esters is 1. The van der Waals surface area contributed by atoms with Crippen molar-refractivity contribution in [1.29, 1.82) is 0 Å². The van der Waals surface area contributed by atoms with Crippen LogP contribution in [0.25, 0.3) is 0 Å². The summed E-state index contributed by atoms with van der Waals surface area (Å²) in [7, 11) is 0. The number of allylic oxidation sites excluding steroid dienone is 10. The molecule has 2 nitrogen and oxygen atoms in total. The van der Waals surface area contributed by atoms with Gasteiger partial charge in [-0.3, -0.25) is 0 Å². The number of hydrogen-bond acceptors (Lipinski definition) is 2. The molecular weight excluding hydrogens is 597 g/mol. The summed E-state index contributed by atoms with van der Waals surface area (Å²) in [4.78, 5) is 12.7. The summed E-state index contributed by atoms with van der Waals surface area (Å²) in [6.45, 7) is 14.8. The normalized spacial score (nSPS) is 32.4. The van der Waals surface area contributed by atoms with Crippen LogP contribution < -0.4 is 0 Å². The Hall–Kier alpha value is -2.09. The highest BCUT2D eigenvalue weighted by Gasteiger charge is 2.59. The first-order valence-electron chi connectivity index (χ1n) is 20.9. The van der Waals surface area contributed by atoms with Gasteiger partial charge >= 0.3 is 5.97 Å². The predicted octanol–water partition coefficient (Wildman–Crippen LogP) is 13.9. The fourth-order valence-electron chi connectivity index (χ4n) is 10.9. The molecule has 49 heavy (non-hydrogen) atoms. The van der Waals surface area contributed by atoms with Crippen molar-refractivity contribution in [1.82, 2.24) is 0 Å². The second kappa shape index (κ2) is 20.1. The third-order valence-corrected chi connectivity index (χ3v) is 13.7. The van der Waals surface area contributed by atoms with E-state index in [-0.39, 0.29) is 17.5 Å². The van der Waals surface area contributed by atoms with Crippen LogP contribution in [0.15, 0.2) is 72.4 Å². The number of carbonyl (C=O) groups is 1. The molecule has 4 aliphatic carbocycles. The molecule has 2 heteroatoms. The molecule has 0 aromatic rings. The van der Waals surface area contributed by atoms with Crippen LogP contribution in [0, 0.1) is 46.3 Å². The van der Waals surface area contributed by atoms with Gasteiger partial charge in [0.1, 0.15) is 6.10 Å². The van der Waals surface area contributed by atoms with Crippen molar-refractivity contribution in [2.24, 2.45) is 46.3 Å². The molecule has 0 amide bonds. The predicted molar refractivity (Wildman–Crippen MR) is 211 cm³/mol. The molecule has 0 saturated heterocycles. The van der Waals surface area contributed by atoms with Gasteiger partial charge in [0.25, 0.3) is 0 Å². The van der Waals surface area contributed by atoms with E-state index < -0.39 is 0 Å². The highest BCUT2D eigenvalue weighted by atomic mass is 16.5. The largest absolute Gasteiger partial charge is 0.459 e. The lowest BCUT2D eigenvalue weighted by atomic mass is 9.47. The number of rotatable bonds is 19. The van der Waals surface area contributed by atoms with E-state index in [2.05, 4.69) is 71.9 Å². The van der Waals surface area contributed by atoms with E-state index >= 15 is 0 Å². The standard InChI is InChI=1S/C47H74O2/c1-7-8-9-10-11-12-13-14-15-16-17-18-19-20-21-22-23-27-45(48)49-40-32-34-46(5)39(36-40)28-29-41-43-31-30-42(38(4)26-24-25-37(2)3)47(43,6)35-33-44(41)46/h15-23,27-28,37-38,40-44H,7-14,24-26,29-36H2,1-6H3/t38-,40?,41?,42-,43?,44?,46+,47-/m1/s1. The van der Waals surface area contributed by atoms with Crippen LogP contribution in [0.5, 0.6) is 0 Å². The van der Waals surface area contributed by atoms with E-state index in [1.54, 1.807) is 17.7 Å². The zero-order valence-electron chi connectivity index (χ0n) is 32.6. The van der Waals surface area contributed by atoms with Crippen LogP contribution >= 0.6 is 0 Å². The van der Waals surface area contributed by atoms with Crippen molar-refractivity contribution in [2.75, 3.05) is 0 Å². The Bertz CT molecular complexity index is 1180. The number of hydrogen-bond donors (Lipinski definition) is 0. The lowest BCUT2D eigenvalue weighted by molar-refractivity contribution is -0.145. The lowest BCUT2D eigenvalue weighted by Crippen LogP contribution is -2.51. The van der Waals surface area contributed by atoms with Crippen LogP contribution in [0.3, 0.4) is 0 Å². The first-order valence-corrected chi connectivity index (χ1v) is 20.9. The van der Waals surface area contributed by atoms with E-state index in [9.17, 15) is 4.79 Å². The van der Waals surface area contributed by atoms with Crippen LogP contribution in [-0.4, -0.2) is 12.1 Å². The molecule has 0 aromatic carbocycles. The maximum atomic E-state index is 12.7. The molecule has 4 unspecified atom stereocenters. The maximum Gasteiger partial charge on any atom is 0.331 e. The van der Waals surface area contributed by atoms with E-state index in [1.807, 2.05) is 24.3 Å². The van der Waals surface area contributed by atoms with Gasteiger partial charge in [0.15, 0.2) is 0 Å². The van der Waals surface area contributed by atoms with Crippen LogP contribution in [0.4, 0.5) is 0 Å². The van der Waals surface area contributed by atoms with E-state index in [1.165, 1.54) is 103 Å². The zero-order valence-corrected chi connectivity index (χ0v) is 32.6. The minimum Gasteiger partial charge on any atom is -0.459 e. The average Bonchev–Trinajstić information content (AvgIpc) is 3.43. The van der Waals surface area contributed by atoms with Gasteiger partial charge in [-0.05, 0) is 104 Å². The Morgan fingerprint density at radius 3 is 2.22 bits per heavy atom. The third kappa shape index (κ3) is 11.2. The summed E-state index contributed by atoms with van der Waals surface area (Å²) >= 11 is 0. The van der Waals surface area contributed by atoms with E-state index in [0.29, 0.717) is 5.41 Å². The Kier molecular flexibility index (Phi) is 16.3. The van der Waals surface area contributed by atoms with Crippen LogP contribution in [0.1, 0.15) is 164 Å². The van der Waals surface area contributed by atoms with Gasteiger partial charge in [-0.15, -0.1) is 0 Å². The fourth-order valence-corrected chi connectivity index (χ4v) is 10.9. The molecular formula is C47H74O2. The van der Waals surface area contributed by atoms with Gasteiger partial charge in [0, 0.05) is 12.5 Å². The Balaban J connectivity index is 1.17. The zero-order chi connectivity index (χ0) is 35.1. The van der Waals surface area contributed by atoms with Gasteiger partial charge < -0.3 is 4.74 Å². The topological polar surface area (TPSA) is 26.3 Å².